The quantitative estimate of drug-likeness (QED) is 0.866. The molecule has 0 bridgehead atoms. The molecule has 1 heterocycles. The molecule has 0 saturated carbocycles. The molecule has 7 nitrogen and oxygen atoms in total. The summed E-state index contributed by atoms with van der Waals surface area (Å²) in [7, 11) is -4.00. The third-order valence-corrected chi connectivity index (χ3v) is 4.45. The smallest absolute Gasteiger partial charge is 0.324 e. The highest BCUT2D eigenvalue weighted by Crippen LogP contribution is 2.24. The lowest BCUT2D eigenvalue weighted by Gasteiger charge is -2.21. The summed E-state index contributed by atoms with van der Waals surface area (Å²) in [5.74, 6) is -1.27. The number of carboxylic acid groups (broad SMARTS) is 1. The number of aromatic amines is 1. The number of carbonyl (C=O) groups is 1. The molecule has 0 fully saturated rings. The number of hydrogen-bond acceptors (Lipinski definition) is 4. The highest BCUT2D eigenvalue weighted by atomic mass is 35.5. The molecule has 0 unspecified atom stereocenters. The number of H-pyrrole nitrogens is 1. The van der Waals surface area contributed by atoms with Crippen LogP contribution < -0.4 is 4.31 Å². The fraction of sp³-hybridized carbons (Fsp3) is 0.0909. The predicted molar refractivity (Wildman–Crippen MR) is 72.2 cm³/mol. The van der Waals surface area contributed by atoms with Crippen molar-refractivity contribution < 1.29 is 18.3 Å². The van der Waals surface area contributed by atoms with Crippen molar-refractivity contribution in [1.29, 1.82) is 0 Å². The molecule has 0 spiro atoms. The van der Waals surface area contributed by atoms with Crippen molar-refractivity contribution >= 4 is 33.3 Å². The minimum Gasteiger partial charge on any atom is -0.480 e. The minimum atomic E-state index is -4.00. The van der Waals surface area contributed by atoms with Gasteiger partial charge in [0.2, 0.25) is 0 Å². The highest BCUT2D eigenvalue weighted by Gasteiger charge is 2.27. The second-order valence-corrected chi connectivity index (χ2v) is 6.11. The summed E-state index contributed by atoms with van der Waals surface area (Å²) in [4.78, 5) is 10.8. The number of benzene rings is 1. The molecule has 0 aliphatic carbocycles. The van der Waals surface area contributed by atoms with Crippen LogP contribution in [0.4, 0.5) is 5.69 Å². The van der Waals surface area contributed by atoms with Gasteiger partial charge >= 0.3 is 5.97 Å². The van der Waals surface area contributed by atoms with Crippen LogP contribution in [-0.4, -0.2) is 36.2 Å². The van der Waals surface area contributed by atoms with E-state index in [0.717, 1.165) is 10.5 Å². The Balaban J connectivity index is 2.48. The Labute approximate surface area is 119 Å². The molecule has 2 aromatic rings. The van der Waals surface area contributed by atoms with Gasteiger partial charge in [0.15, 0.2) is 0 Å². The van der Waals surface area contributed by atoms with Crippen LogP contribution in [0.25, 0.3) is 0 Å². The van der Waals surface area contributed by atoms with Crippen LogP contribution in [0.15, 0.2) is 41.6 Å². The number of rotatable bonds is 5. The van der Waals surface area contributed by atoms with Crippen LogP contribution in [0.2, 0.25) is 5.02 Å². The molecule has 0 saturated heterocycles. The molecule has 0 atom stereocenters. The van der Waals surface area contributed by atoms with Crippen molar-refractivity contribution in [3.05, 3.63) is 41.7 Å². The fourth-order valence-electron chi connectivity index (χ4n) is 1.55. The number of nitrogens with zero attached hydrogens (tertiary/aromatic N) is 2. The molecule has 2 N–H and O–H groups in total. The maximum absolute atomic E-state index is 12.4. The Morgan fingerprint density at radius 3 is 2.50 bits per heavy atom. The number of anilines is 1. The van der Waals surface area contributed by atoms with Gasteiger partial charge in [-0.15, -0.1) is 0 Å². The zero-order chi connectivity index (χ0) is 14.8. The number of hydrogen-bond donors (Lipinski definition) is 2. The van der Waals surface area contributed by atoms with Gasteiger partial charge in [-0.2, -0.15) is 5.10 Å². The van der Waals surface area contributed by atoms with Gasteiger partial charge in [0.05, 0.1) is 11.9 Å². The van der Waals surface area contributed by atoms with Crippen LogP contribution in [-0.2, 0) is 14.8 Å². The lowest BCUT2D eigenvalue weighted by Crippen LogP contribution is -2.35. The number of aliphatic carboxylic acids is 1. The van der Waals surface area contributed by atoms with Gasteiger partial charge in [-0.25, -0.2) is 8.42 Å². The van der Waals surface area contributed by atoms with Gasteiger partial charge in [0.1, 0.15) is 11.4 Å². The topological polar surface area (TPSA) is 103 Å². The molecule has 1 aromatic carbocycles. The summed E-state index contributed by atoms with van der Waals surface area (Å²) in [5, 5.41) is 15.3. The van der Waals surface area contributed by atoms with Gasteiger partial charge in [-0.05, 0) is 24.3 Å². The predicted octanol–water partition coefficient (Wildman–Crippen LogP) is 1.34. The number of carboxylic acids is 1. The first kappa shape index (κ1) is 14.4. The molecule has 0 aliphatic heterocycles. The Morgan fingerprint density at radius 2 is 2.00 bits per heavy atom. The molecular formula is C11H10ClN3O4S. The van der Waals surface area contributed by atoms with Gasteiger partial charge in [-0.3, -0.25) is 14.2 Å². The Bertz CT molecular complexity index is 698. The van der Waals surface area contributed by atoms with Crippen molar-refractivity contribution in [2.45, 2.75) is 4.90 Å². The number of sulfonamides is 1. The molecule has 0 radical (unpaired) electrons. The molecule has 0 aliphatic rings. The van der Waals surface area contributed by atoms with E-state index in [0.29, 0.717) is 5.02 Å². The zero-order valence-electron chi connectivity index (χ0n) is 10.0. The third-order valence-electron chi connectivity index (χ3n) is 2.45. The largest absolute Gasteiger partial charge is 0.480 e. The fourth-order valence-corrected chi connectivity index (χ4v) is 3.00. The van der Waals surface area contributed by atoms with Crippen molar-refractivity contribution in [2.24, 2.45) is 0 Å². The van der Waals surface area contributed by atoms with Crippen LogP contribution in [0.1, 0.15) is 0 Å². The molecule has 106 valence electrons. The summed E-state index contributed by atoms with van der Waals surface area (Å²) in [6.45, 7) is -0.699. The Morgan fingerprint density at radius 1 is 1.35 bits per heavy atom. The normalized spacial score (nSPS) is 11.2. The second-order valence-electron chi connectivity index (χ2n) is 3.82. The van der Waals surface area contributed by atoms with Gasteiger partial charge in [0.25, 0.3) is 10.0 Å². The van der Waals surface area contributed by atoms with Crippen molar-refractivity contribution in [1.82, 2.24) is 10.2 Å². The summed E-state index contributed by atoms with van der Waals surface area (Å²) >= 11 is 5.74. The average molecular weight is 316 g/mol. The van der Waals surface area contributed by atoms with Crippen LogP contribution in [0.3, 0.4) is 0 Å². The van der Waals surface area contributed by atoms with E-state index in [2.05, 4.69) is 10.2 Å². The van der Waals surface area contributed by atoms with E-state index in [1.54, 1.807) is 0 Å². The molecule has 0 amide bonds. The maximum Gasteiger partial charge on any atom is 0.324 e. The van der Waals surface area contributed by atoms with Crippen LogP contribution in [0, 0.1) is 0 Å². The van der Waals surface area contributed by atoms with E-state index in [-0.39, 0.29) is 10.6 Å². The minimum absolute atomic E-state index is 0.117. The van der Waals surface area contributed by atoms with E-state index in [9.17, 15) is 13.2 Å². The summed E-state index contributed by atoms with van der Waals surface area (Å²) in [5.41, 5.74) is 0.206. The zero-order valence-corrected chi connectivity index (χ0v) is 11.6. The SMILES string of the molecule is O=C(O)CN(c1ccc(Cl)cc1)S(=O)(=O)c1cn[nH]c1. The monoisotopic (exact) mass is 315 g/mol. The molecular weight excluding hydrogens is 306 g/mol. The lowest BCUT2D eigenvalue weighted by molar-refractivity contribution is -0.135. The van der Waals surface area contributed by atoms with Crippen molar-refractivity contribution in [2.75, 3.05) is 10.8 Å². The third kappa shape index (κ3) is 2.91. The first-order chi connectivity index (χ1) is 9.41. The lowest BCUT2D eigenvalue weighted by atomic mass is 10.3. The first-order valence-electron chi connectivity index (χ1n) is 5.40. The first-order valence-corrected chi connectivity index (χ1v) is 7.22. The second kappa shape index (κ2) is 5.51. The molecule has 2 rings (SSSR count). The molecule has 9 heteroatoms. The highest BCUT2D eigenvalue weighted by molar-refractivity contribution is 7.92. The average Bonchev–Trinajstić information content (AvgIpc) is 2.91. The standard InChI is InChI=1S/C11H10ClN3O4S/c12-8-1-3-9(4-2-8)15(7-11(16)17)20(18,19)10-5-13-14-6-10/h1-6H,7H2,(H,13,14)(H,16,17). The van der Waals surface area contributed by atoms with E-state index in [1.165, 1.54) is 30.5 Å². The van der Waals surface area contributed by atoms with Crippen LogP contribution in [0.5, 0.6) is 0 Å². The molecule has 20 heavy (non-hydrogen) atoms. The Hall–Kier alpha value is -2.06. The Kier molecular flexibility index (Phi) is 3.96. The van der Waals surface area contributed by atoms with Crippen LogP contribution >= 0.6 is 11.6 Å². The van der Waals surface area contributed by atoms with E-state index >= 15 is 0 Å². The number of aromatic nitrogens is 2. The molecule has 1 aromatic heterocycles. The maximum atomic E-state index is 12.4. The van der Waals surface area contributed by atoms with Crippen molar-refractivity contribution in [3.8, 4) is 0 Å². The number of halogens is 1. The van der Waals surface area contributed by atoms with E-state index in [1.807, 2.05) is 0 Å². The summed E-state index contributed by atoms with van der Waals surface area (Å²) in [6, 6.07) is 5.83. The summed E-state index contributed by atoms with van der Waals surface area (Å²) < 4.78 is 25.5. The van der Waals surface area contributed by atoms with Gasteiger partial charge in [0, 0.05) is 11.2 Å². The number of nitrogens with one attached hydrogen (secondary N) is 1. The van der Waals surface area contributed by atoms with E-state index in [4.69, 9.17) is 16.7 Å². The van der Waals surface area contributed by atoms with E-state index < -0.39 is 22.5 Å². The van der Waals surface area contributed by atoms with Gasteiger partial charge < -0.3 is 5.11 Å². The van der Waals surface area contributed by atoms with Crippen molar-refractivity contribution in [3.63, 3.8) is 0 Å². The van der Waals surface area contributed by atoms with Gasteiger partial charge in [-0.1, -0.05) is 11.6 Å². The summed E-state index contributed by atoms with van der Waals surface area (Å²) in [6.07, 6.45) is 2.29.